The van der Waals surface area contributed by atoms with Crippen LogP contribution in [0.1, 0.15) is 35.7 Å². The van der Waals surface area contributed by atoms with Gasteiger partial charge < -0.3 is 46.5 Å². The van der Waals surface area contributed by atoms with Crippen LogP contribution in [0.3, 0.4) is 0 Å². The zero-order valence-corrected chi connectivity index (χ0v) is 26.3. The van der Waals surface area contributed by atoms with E-state index in [-0.39, 0.29) is 28.8 Å². The van der Waals surface area contributed by atoms with Crippen molar-refractivity contribution in [2.45, 2.75) is 42.3 Å². The topological polar surface area (TPSA) is 298 Å². The van der Waals surface area contributed by atoms with Crippen LogP contribution in [0.15, 0.2) is 22.7 Å². The molecule has 2 unspecified atom stereocenters. The summed E-state index contributed by atoms with van der Waals surface area (Å²) in [4.78, 5) is 71.9. The molecule has 2 aromatic heterocycles. The standard InChI is InChI=1S/C24H23ClN10O10S2/c1-23(2,20(41)42)45-32-13(9-6-46-22(26)28-9)17(39)29-14-18(40)34-7-24(21(43)44,47-19(14)34)35-31-11(30-33-35)5-27-16(38)8-3-4-10(36)15(37)12(8)25/h3-4,6,14,19,36-37H,5,7H2,1-2H3,(H2,26,28)(H,27,38)(H,29,39)(H,41,42)(H,43,44)/b32-13-/t14?,19-,24?/m1/s1. The van der Waals surface area contributed by atoms with Gasteiger partial charge in [-0.3, -0.25) is 14.4 Å². The molecule has 0 bridgehead atoms. The molecule has 47 heavy (non-hydrogen) atoms. The van der Waals surface area contributed by atoms with Crippen LogP contribution >= 0.6 is 34.7 Å². The number of nitrogens with two attached hydrogens (primary N) is 1. The molecule has 0 aliphatic carbocycles. The molecule has 8 N–H and O–H groups in total. The van der Waals surface area contributed by atoms with Crippen molar-refractivity contribution >= 4 is 75.2 Å². The number of nitrogens with one attached hydrogen (secondary N) is 2. The molecule has 2 saturated heterocycles. The lowest BCUT2D eigenvalue weighted by molar-refractivity contribution is -0.161. The number of aliphatic carboxylic acids is 2. The summed E-state index contributed by atoms with van der Waals surface area (Å²) >= 11 is 7.63. The summed E-state index contributed by atoms with van der Waals surface area (Å²) < 4.78 is 0. The van der Waals surface area contributed by atoms with E-state index in [1.165, 1.54) is 30.2 Å². The number of phenolic OH excluding ortho intramolecular Hbond substituents is 2. The summed E-state index contributed by atoms with van der Waals surface area (Å²) in [7, 11) is 0. The maximum atomic E-state index is 13.3. The molecule has 1 aromatic carbocycles. The largest absolute Gasteiger partial charge is 0.504 e. The highest BCUT2D eigenvalue weighted by molar-refractivity contribution is 8.01. The second-order valence-corrected chi connectivity index (χ2v) is 13.1. The van der Waals surface area contributed by atoms with Gasteiger partial charge in [-0.15, -0.1) is 26.3 Å². The number of thiazole rings is 1. The highest BCUT2D eigenvalue weighted by Crippen LogP contribution is 2.49. The van der Waals surface area contributed by atoms with Gasteiger partial charge in [-0.2, -0.15) is 0 Å². The molecule has 0 saturated carbocycles. The van der Waals surface area contributed by atoms with Gasteiger partial charge in [0.05, 0.1) is 23.7 Å². The average molecular weight is 711 g/mol. The number of aromatic hydroxyl groups is 2. The predicted molar refractivity (Wildman–Crippen MR) is 160 cm³/mol. The smallest absolute Gasteiger partial charge is 0.350 e. The van der Waals surface area contributed by atoms with Crippen molar-refractivity contribution in [2.24, 2.45) is 5.16 Å². The van der Waals surface area contributed by atoms with Crippen LogP contribution in [0, 0.1) is 0 Å². The SMILES string of the molecule is CC(C)(O/N=C(\C(=O)NC1C(=O)N2CC(C(=O)O)(n3nnc(CNC(=O)c4ccc(O)c(O)c4Cl)n3)S[C@H]12)c1csc(N)n1)C(=O)O. The van der Waals surface area contributed by atoms with E-state index in [9.17, 15) is 44.4 Å². The fourth-order valence-electron chi connectivity index (χ4n) is 4.20. The maximum Gasteiger partial charge on any atom is 0.350 e. The predicted octanol–water partition coefficient (Wildman–Crippen LogP) is -0.872. The lowest BCUT2D eigenvalue weighted by Gasteiger charge is -2.41. The Kier molecular flexibility index (Phi) is 8.59. The zero-order valence-electron chi connectivity index (χ0n) is 23.9. The zero-order chi connectivity index (χ0) is 34.4. The molecule has 3 aromatic rings. The molecule has 4 heterocycles. The number of carbonyl (C=O) groups excluding carboxylic acids is 3. The third kappa shape index (κ3) is 6.04. The van der Waals surface area contributed by atoms with E-state index < -0.39 is 80.3 Å². The van der Waals surface area contributed by atoms with Gasteiger partial charge in [0, 0.05) is 5.38 Å². The number of halogens is 1. The number of tetrazole rings is 1. The molecule has 0 spiro atoms. The van der Waals surface area contributed by atoms with Crippen molar-refractivity contribution in [3.8, 4) is 11.5 Å². The van der Waals surface area contributed by atoms with Crippen LogP contribution < -0.4 is 16.4 Å². The Balaban J connectivity index is 1.30. The number of carbonyl (C=O) groups is 5. The van der Waals surface area contributed by atoms with Gasteiger partial charge in [0.2, 0.25) is 16.4 Å². The Hall–Kier alpha value is -5.22. The van der Waals surface area contributed by atoms with E-state index in [1.807, 2.05) is 0 Å². The minimum atomic E-state index is -1.98. The van der Waals surface area contributed by atoms with Crippen molar-refractivity contribution in [1.82, 2.24) is 40.7 Å². The minimum absolute atomic E-state index is 0.0512. The third-order valence-electron chi connectivity index (χ3n) is 6.85. The van der Waals surface area contributed by atoms with Gasteiger partial charge in [0.25, 0.3) is 11.8 Å². The molecular weight excluding hydrogens is 688 g/mol. The number of carboxylic acids is 2. The number of thioether (sulfide) groups is 1. The van der Waals surface area contributed by atoms with Gasteiger partial charge in [-0.25, -0.2) is 14.6 Å². The number of β-lactam (4-membered cyclic amide) rings is 1. The molecule has 3 atom stereocenters. The van der Waals surface area contributed by atoms with Gasteiger partial charge in [-0.1, -0.05) is 28.5 Å². The Morgan fingerprint density at radius 2 is 1.98 bits per heavy atom. The van der Waals surface area contributed by atoms with Gasteiger partial charge in [0.15, 0.2) is 28.2 Å². The number of hydrogen-bond acceptors (Lipinski definition) is 16. The Morgan fingerprint density at radius 1 is 1.26 bits per heavy atom. The minimum Gasteiger partial charge on any atom is -0.504 e. The lowest BCUT2D eigenvalue weighted by atomic mass is 10.1. The Labute approximate surface area is 275 Å². The molecule has 2 aliphatic heterocycles. The van der Waals surface area contributed by atoms with E-state index in [0.29, 0.717) is 0 Å². The second kappa shape index (κ2) is 12.2. The van der Waals surface area contributed by atoms with Crippen LogP contribution in [0.2, 0.25) is 5.02 Å². The monoisotopic (exact) mass is 710 g/mol. The first kappa shape index (κ1) is 33.2. The molecule has 5 rings (SSSR count). The molecule has 20 nitrogen and oxygen atoms in total. The van der Waals surface area contributed by atoms with Crippen LogP contribution in [-0.4, -0.2) is 109 Å². The van der Waals surface area contributed by atoms with E-state index >= 15 is 0 Å². The first-order chi connectivity index (χ1) is 22.1. The first-order valence-electron chi connectivity index (χ1n) is 13.1. The van der Waals surface area contributed by atoms with Gasteiger partial charge in [-0.05, 0) is 31.2 Å². The highest BCUT2D eigenvalue weighted by Gasteiger charge is 2.64. The molecule has 2 fully saturated rings. The fourth-order valence-corrected chi connectivity index (χ4v) is 6.50. The number of amides is 3. The maximum absolute atomic E-state index is 13.3. The van der Waals surface area contributed by atoms with E-state index in [1.54, 1.807) is 0 Å². The number of phenols is 2. The number of nitrogens with zero attached hydrogens (tertiary/aromatic N) is 7. The van der Waals surface area contributed by atoms with E-state index in [2.05, 4.69) is 36.2 Å². The van der Waals surface area contributed by atoms with E-state index in [0.717, 1.165) is 34.0 Å². The number of nitrogen functional groups attached to an aromatic ring is 1. The summed E-state index contributed by atoms with van der Waals surface area (Å²) in [5, 5.41) is 59.2. The number of carboxylic acid groups (broad SMARTS) is 2. The molecule has 248 valence electrons. The molecule has 3 amide bonds. The molecular formula is C24H23ClN10O10S2. The summed E-state index contributed by atoms with van der Waals surface area (Å²) in [6.07, 6.45) is 0. The van der Waals surface area contributed by atoms with Crippen LogP contribution in [0.4, 0.5) is 5.13 Å². The summed E-state index contributed by atoms with van der Waals surface area (Å²) in [6.45, 7) is 1.65. The lowest BCUT2D eigenvalue weighted by Crippen LogP contribution is -2.68. The normalized spacial score (nSPS) is 20.7. The van der Waals surface area contributed by atoms with Crippen molar-refractivity contribution in [3.05, 3.63) is 39.6 Å². The summed E-state index contributed by atoms with van der Waals surface area (Å²) in [5.41, 5.74) is 3.16. The number of fused-ring (bicyclic) bond motifs is 1. The quantitative estimate of drug-likeness (QED) is 0.0550. The van der Waals surface area contributed by atoms with Crippen molar-refractivity contribution in [2.75, 3.05) is 12.3 Å². The number of aromatic nitrogens is 5. The number of anilines is 1. The molecule has 2 aliphatic rings. The number of hydrogen-bond donors (Lipinski definition) is 7. The van der Waals surface area contributed by atoms with Crippen LogP contribution in [0.25, 0.3) is 0 Å². The van der Waals surface area contributed by atoms with Gasteiger partial charge in [0.1, 0.15) is 17.1 Å². The summed E-state index contributed by atoms with van der Waals surface area (Å²) in [5.74, 6) is -6.50. The summed E-state index contributed by atoms with van der Waals surface area (Å²) in [6, 6.07) is 0.999. The van der Waals surface area contributed by atoms with Crippen molar-refractivity contribution in [1.29, 1.82) is 0 Å². The Bertz CT molecular complexity index is 1850. The van der Waals surface area contributed by atoms with Crippen molar-refractivity contribution in [3.63, 3.8) is 0 Å². The average Bonchev–Trinajstić information content (AvgIpc) is 3.75. The number of oxime groups is 1. The fraction of sp³-hybridized carbons (Fsp3) is 0.333. The third-order valence-corrected chi connectivity index (χ3v) is 9.53. The Morgan fingerprint density at radius 3 is 2.62 bits per heavy atom. The molecule has 23 heteroatoms. The van der Waals surface area contributed by atoms with E-state index in [4.69, 9.17) is 22.2 Å². The number of benzene rings is 1. The molecule has 0 radical (unpaired) electrons. The van der Waals surface area contributed by atoms with Crippen LogP contribution in [0.5, 0.6) is 11.5 Å². The van der Waals surface area contributed by atoms with Crippen molar-refractivity contribution < 1.29 is 49.2 Å². The number of rotatable bonds is 11. The highest BCUT2D eigenvalue weighted by atomic mass is 35.5. The van der Waals surface area contributed by atoms with Crippen LogP contribution in [-0.2, 0) is 35.4 Å². The second-order valence-electron chi connectivity index (χ2n) is 10.4. The first-order valence-corrected chi connectivity index (χ1v) is 15.2. The van der Waals surface area contributed by atoms with Gasteiger partial charge >= 0.3 is 11.9 Å².